The molecule has 2 rings (SSSR count). The van der Waals surface area contributed by atoms with Crippen molar-refractivity contribution >= 4 is 11.6 Å². The van der Waals surface area contributed by atoms with Crippen molar-refractivity contribution in [3.05, 3.63) is 46.7 Å². The van der Waals surface area contributed by atoms with Gasteiger partial charge in [0.25, 0.3) is 0 Å². The fraction of sp³-hybridized carbons (Fsp3) is 0.200. The van der Waals surface area contributed by atoms with E-state index in [1.54, 1.807) is 6.20 Å². The number of hydrazine groups is 1. The van der Waals surface area contributed by atoms with Crippen molar-refractivity contribution in [1.82, 2.24) is 20.8 Å². The molecule has 1 atom stereocenters. The van der Waals surface area contributed by atoms with E-state index in [2.05, 4.69) is 20.8 Å². The summed E-state index contributed by atoms with van der Waals surface area (Å²) < 4.78 is 0. The second-order valence-corrected chi connectivity index (χ2v) is 3.88. The highest BCUT2D eigenvalue weighted by Crippen LogP contribution is 2.17. The van der Waals surface area contributed by atoms with Crippen molar-refractivity contribution in [2.24, 2.45) is 5.84 Å². The number of aromatic nitrogens is 3. The van der Waals surface area contributed by atoms with Crippen LogP contribution < -0.4 is 11.3 Å². The molecular weight excluding hydrogens is 226 g/mol. The quantitative estimate of drug-likeness (QED) is 0.552. The summed E-state index contributed by atoms with van der Waals surface area (Å²) in [6, 6.07) is 7.58. The van der Waals surface area contributed by atoms with Crippen LogP contribution in [-0.4, -0.2) is 15.4 Å². The molecule has 1 unspecified atom stereocenters. The van der Waals surface area contributed by atoms with E-state index in [0.29, 0.717) is 11.4 Å². The fourth-order valence-corrected chi connectivity index (χ4v) is 1.74. The minimum atomic E-state index is -0.0720. The highest BCUT2D eigenvalue weighted by Gasteiger charge is 2.13. The number of benzene rings is 1. The van der Waals surface area contributed by atoms with Gasteiger partial charge in [-0.2, -0.15) is 15.4 Å². The van der Waals surface area contributed by atoms with Crippen molar-refractivity contribution in [2.45, 2.75) is 12.5 Å². The van der Waals surface area contributed by atoms with E-state index in [1.807, 2.05) is 24.3 Å². The van der Waals surface area contributed by atoms with Crippen molar-refractivity contribution in [2.75, 3.05) is 0 Å². The lowest BCUT2D eigenvalue weighted by atomic mass is 10.0. The molecule has 5 nitrogen and oxygen atoms in total. The van der Waals surface area contributed by atoms with Gasteiger partial charge in [-0.15, -0.1) is 0 Å². The lowest BCUT2D eigenvalue weighted by Crippen LogP contribution is -2.29. The zero-order valence-corrected chi connectivity index (χ0v) is 9.28. The summed E-state index contributed by atoms with van der Waals surface area (Å²) in [6.07, 6.45) is 2.36. The normalized spacial score (nSPS) is 12.6. The largest absolute Gasteiger partial charge is 0.271 e. The minimum Gasteiger partial charge on any atom is -0.271 e. The van der Waals surface area contributed by atoms with Crippen molar-refractivity contribution < 1.29 is 0 Å². The molecule has 0 spiro atoms. The number of hydrogen-bond acceptors (Lipinski definition) is 4. The summed E-state index contributed by atoms with van der Waals surface area (Å²) >= 11 is 5.91. The first-order valence-electron chi connectivity index (χ1n) is 4.86. The lowest BCUT2D eigenvalue weighted by Gasteiger charge is -2.12. The molecule has 1 aromatic carbocycles. The Balaban J connectivity index is 2.13. The van der Waals surface area contributed by atoms with Crippen LogP contribution in [0.15, 0.2) is 30.5 Å². The highest BCUT2D eigenvalue weighted by atomic mass is 35.5. The summed E-state index contributed by atoms with van der Waals surface area (Å²) in [7, 11) is 0. The van der Waals surface area contributed by atoms with Crippen LogP contribution in [0.2, 0.25) is 5.02 Å². The smallest absolute Gasteiger partial charge is 0.101 e. The molecule has 1 aromatic heterocycles. The van der Waals surface area contributed by atoms with Crippen LogP contribution in [0.3, 0.4) is 0 Å². The van der Waals surface area contributed by atoms with Crippen LogP contribution >= 0.6 is 11.6 Å². The van der Waals surface area contributed by atoms with Gasteiger partial charge < -0.3 is 0 Å². The number of nitrogens with one attached hydrogen (secondary N) is 2. The predicted octanol–water partition coefficient (Wildman–Crippen LogP) is 1.21. The summed E-state index contributed by atoms with van der Waals surface area (Å²) in [6.45, 7) is 0. The van der Waals surface area contributed by atoms with Gasteiger partial charge in [-0.05, 0) is 24.1 Å². The summed E-state index contributed by atoms with van der Waals surface area (Å²) in [5, 5.41) is 11.0. The maximum absolute atomic E-state index is 5.91. The molecule has 16 heavy (non-hydrogen) atoms. The first-order chi connectivity index (χ1) is 7.79. The van der Waals surface area contributed by atoms with Crippen molar-refractivity contribution in [3.8, 4) is 0 Å². The molecular formula is C10H12ClN5. The molecule has 0 saturated heterocycles. The Morgan fingerprint density at radius 2 is 2.38 bits per heavy atom. The van der Waals surface area contributed by atoms with Gasteiger partial charge in [-0.1, -0.05) is 23.7 Å². The standard InChI is InChI=1S/C10H12ClN5/c11-8-3-1-2-7(4-8)5-9(14-12)10-6-13-16-15-10/h1-4,6,9,14H,5,12H2,(H,13,15,16). The van der Waals surface area contributed by atoms with Crippen LogP contribution in [0.5, 0.6) is 0 Å². The van der Waals surface area contributed by atoms with Crippen molar-refractivity contribution in [3.63, 3.8) is 0 Å². The molecule has 0 amide bonds. The third kappa shape index (κ3) is 2.57. The average molecular weight is 238 g/mol. The van der Waals surface area contributed by atoms with Gasteiger partial charge in [0.1, 0.15) is 5.69 Å². The zero-order chi connectivity index (χ0) is 11.4. The van der Waals surface area contributed by atoms with Gasteiger partial charge in [0, 0.05) is 5.02 Å². The topological polar surface area (TPSA) is 79.6 Å². The lowest BCUT2D eigenvalue weighted by molar-refractivity contribution is 0.537. The Morgan fingerprint density at radius 1 is 1.50 bits per heavy atom. The van der Waals surface area contributed by atoms with Gasteiger partial charge in [-0.25, -0.2) is 0 Å². The number of nitrogens with zero attached hydrogens (tertiary/aromatic N) is 2. The van der Waals surface area contributed by atoms with Gasteiger partial charge >= 0.3 is 0 Å². The Morgan fingerprint density at radius 3 is 3.00 bits per heavy atom. The third-order valence-electron chi connectivity index (χ3n) is 2.32. The Hall–Kier alpha value is -1.43. The van der Waals surface area contributed by atoms with E-state index in [9.17, 15) is 0 Å². The third-order valence-corrected chi connectivity index (χ3v) is 2.56. The second-order valence-electron chi connectivity index (χ2n) is 3.45. The number of nitrogens with two attached hydrogens (primary N) is 1. The van der Waals surface area contributed by atoms with E-state index in [-0.39, 0.29) is 6.04 Å². The Labute approximate surface area is 98.0 Å². The maximum Gasteiger partial charge on any atom is 0.101 e. The van der Waals surface area contributed by atoms with Crippen LogP contribution in [0.4, 0.5) is 0 Å². The second kappa shape index (κ2) is 5.07. The Kier molecular flexibility index (Phi) is 3.51. The number of rotatable bonds is 4. The molecule has 0 fully saturated rings. The SMILES string of the molecule is NNC(Cc1cccc(Cl)c1)c1cn[nH]n1. The monoisotopic (exact) mass is 237 g/mol. The number of H-pyrrole nitrogens is 1. The van der Waals surface area contributed by atoms with E-state index >= 15 is 0 Å². The van der Waals surface area contributed by atoms with Gasteiger partial charge in [0.15, 0.2) is 0 Å². The Bertz CT molecular complexity index is 442. The van der Waals surface area contributed by atoms with Gasteiger partial charge in [0.2, 0.25) is 0 Å². The van der Waals surface area contributed by atoms with Crippen molar-refractivity contribution in [1.29, 1.82) is 0 Å². The highest BCUT2D eigenvalue weighted by molar-refractivity contribution is 6.30. The van der Waals surface area contributed by atoms with Gasteiger partial charge in [-0.3, -0.25) is 11.3 Å². The molecule has 0 bridgehead atoms. The van der Waals surface area contributed by atoms with E-state index in [0.717, 1.165) is 11.3 Å². The molecule has 1 heterocycles. The molecule has 0 saturated carbocycles. The van der Waals surface area contributed by atoms with Crippen LogP contribution in [0.1, 0.15) is 17.3 Å². The van der Waals surface area contributed by atoms with Crippen LogP contribution in [0.25, 0.3) is 0 Å². The van der Waals surface area contributed by atoms with E-state index < -0.39 is 0 Å². The molecule has 84 valence electrons. The fourth-order valence-electron chi connectivity index (χ4n) is 1.53. The summed E-state index contributed by atoms with van der Waals surface area (Å²) in [5.74, 6) is 5.49. The number of aromatic amines is 1. The molecule has 0 aliphatic carbocycles. The first-order valence-corrected chi connectivity index (χ1v) is 5.23. The predicted molar refractivity (Wildman–Crippen MR) is 61.6 cm³/mol. The molecule has 6 heteroatoms. The maximum atomic E-state index is 5.91. The first kappa shape index (κ1) is 11.1. The molecule has 0 aliphatic rings. The van der Waals surface area contributed by atoms with E-state index in [4.69, 9.17) is 17.4 Å². The number of hydrogen-bond donors (Lipinski definition) is 3. The summed E-state index contributed by atoms with van der Waals surface area (Å²) in [4.78, 5) is 0. The molecule has 4 N–H and O–H groups in total. The molecule has 0 aliphatic heterocycles. The number of halogens is 1. The van der Waals surface area contributed by atoms with Crippen LogP contribution in [0, 0.1) is 0 Å². The zero-order valence-electron chi connectivity index (χ0n) is 8.52. The van der Waals surface area contributed by atoms with Crippen LogP contribution in [-0.2, 0) is 6.42 Å². The van der Waals surface area contributed by atoms with Gasteiger partial charge in [0.05, 0.1) is 12.2 Å². The summed E-state index contributed by atoms with van der Waals surface area (Å²) in [5.41, 5.74) is 4.58. The molecule has 0 radical (unpaired) electrons. The molecule has 2 aromatic rings. The van der Waals surface area contributed by atoms with E-state index in [1.165, 1.54) is 0 Å². The minimum absolute atomic E-state index is 0.0720. The average Bonchev–Trinajstić information content (AvgIpc) is 2.79.